The van der Waals surface area contributed by atoms with Gasteiger partial charge in [0.25, 0.3) is 0 Å². The Kier molecular flexibility index (Phi) is 3.26. The molecule has 0 spiro atoms. The van der Waals surface area contributed by atoms with Crippen LogP contribution < -0.4 is 5.32 Å². The van der Waals surface area contributed by atoms with E-state index in [2.05, 4.69) is 21.7 Å². The average molecular weight is 366 g/mol. The number of benzene rings is 1. The lowest BCUT2D eigenvalue weighted by Gasteiger charge is -2.22. The number of nitrogens with zero attached hydrogens (tertiary/aromatic N) is 3. The normalized spacial score (nSPS) is 16.8. The van der Waals surface area contributed by atoms with Crippen LogP contribution in [-0.4, -0.2) is 20.7 Å². The Morgan fingerprint density at radius 2 is 2.12 bits per heavy atom. The van der Waals surface area contributed by atoms with E-state index in [1.807, 2.05) is 37.3 Å². The second-order valence-corrected chi connectivity index (χ2v) is 8.03. The van der Waals surface area contributed by atoms with Gasteiger partial charge in [0.15, 0.2) is 0 Å². The summed E-state index contributed by atoms with van der Waals surface area (Å²) in [4.78, 5) is 18.2. The van der Waals surface area contributed by atoms with Gasteiger partial charge in [-0.05, 0) is 30.5 Å². The lowest BCUT2D eigenvalue weighted by atomic mass is 9.91. The summed E-state index contributed by atoms with van der Waals surface area (Å²) in [5.74, 6) is 0.839. The molecule has 4 heterocycles. The molecule has 1 atom stereocenters. The van der Waals surface area contributed by atoms with Crippen LogP contribution in [0.3, 0.4) is 0 Å². The molecule has 0 unspecified atom stereocenters. The molecule has 0 saturated carbocycles. The zero-order valence-electron chi connectivity index (χ0n) is 13.4. The third kappa shape index (κ3) is 2.31. The number of amides is 1. The number of para-hydroxylation sites is 1. The van der Waals surface area contributed by atoms with Crippen LogP contribution in [0.1, 0.15) is 28.5 Å². The van der Waals surface area contributed by atoms with Crippen molar-refractivity contribution in [3.05, 3.63) is 57.9 Å². The molecule has 0 radical (unpaired) electrons. The van der Waals surface area contributed by atoms with Crippen LogP contribution in [0.25, 0.3) is 15.3 Å². The minimum Gasteiger partial charge on any atom is -0.310 e. The van der Waals surface area contributed by atoms with Crippen molar-refractivity contribution in [2.75, 3.05) is 5.32 Å². The van der Waals surface area contributed by atoms with E-state index in [0.29, 0.717) is 6.42 Å². The van der Waals surface area contributed by atoms with Gasteiger partial charge in [-0.15, -0.1) is 11.3 Å². The van der Waals surface area contributed by atoms with Gasteiger partial charge in [-0.2, -0.15) is 9.78 Å². The molecule has 5 nitrogen and oxygen atoms in total. The second-order valence-electron chi connectivity index (χ2n) is 6.04. The fourth-order valence-corrected chi connectivity index (χ4v) is 5.13. The first-order chi connectivity index (χ1) is 12.2. The highest BCUT2D eigenvalue weighted by Crippen LogP contribution is 2.42. The van der Waals surface area contributed by atoms with Crippen molar-refractivity contribution in [1.29, 1.82) is 0 Å². The molecule has 0 bridgehead atoms. The van der Waals surface area contributed by atoms with Gasteiger partial charge >= 0.3 is 0 Å². The second kappa shape index (κ2) is 5.50. The molecule has 1 aliphatic rings. The predicted molar refractivity (Wildman–Crippen MR) is 101 cm³/mol. The van der Waals surface area contributed by atoms with E-state index in [0.717, 1.165) is 32.4 Å². The van der Waals surface area contributed by atoms with E-state index in [-0.39, 0.29) is 11.8 Å². The molecule has 0 fully saturated rings. The van der Waals surface area contributed by atoms with Crippen LogP contribution >= 0.6 is 22.7 Å². The van der Waals surface area contributed by atoms with E-state index in [4.69, 9.17) is 5.10 Å². The zero-order chi connectivity index (χ0) is 17.0. The van der Waals surface area contributed by atoms with Gasteiger partial charge in [-0.25, -0.2) is 4.98 Å². The van der Waals surface area contributed by atoms with Crippen LogP contribution in [0.4, 0.5) is 5.82 Å². The number of carbonyl (C=O) groups is 1. The largest absolute Gasteiger partial charge is 0.310 e. The number of anilines is 1. The summed E-state index contributed by atoms with van der Waals surface area (Å²) in [6.45, 7) is 2.00. The zero-order valence-corrected chi connectivity index (χ0v) is 15.0. The summed E-state index contributed by atoms with van der Waals surface area (Å²) >= 11 is 3.26. The number of hydrogen-bond donors (Lipinski definition) is 1. The Balaban J connectivity index is 1.70. The number of hydrogen-bond acceptors (Lipinski definition) is 5. The van der Waals surface area contributed by atoms with Crippen LogP contribution in [0, 0.1) is 6.92 Å². The fraction of sp³-hybridized carbons (Fsp3) is 0.167. The Hall–Kier alpha value is -2.51. The summed E-state index contributed by atoms with van der Waals surface area (Å²) in [6, 6.07) is 12.1. The molecular weight excluding hydrogens is 352 g/mol. The Labute approximate surface area is 152 Å². The number of nitrogens with one attached hydrogen (secondary N) is 1. The number of rotatable bonds is 2. The van der Waals surface area contributed by atoms with E-state index >= 15 is 0 Å². The summed E-state index contributed by atoms with van der Waals surface area (Å²) in [7, 11) is 0. The highest BCUT2D eigenvalue weighted by molar-refractivity contribution is 7.20. The highest BCUT2D eigenvalue weighted by atomic mass is 32.1. The Bertz CT molecular complexity index is 1060. The maximum atomic E-state index is 12.3. The van der Waals surface area contributed by atoms with Gasteiger partial charge in [0, 0.05) is 22.8 Å². The van der Waals surface area contributed by atoms with E-state index in [1.54, 1.807) is 27.4 Å². The molecule has 1 aliphatic heterocycles. The number of aryl methyl sites for hydroxylation is 1. The fourth-order valence-electron chi connectivity index (χ4n) is 3.37. The van der Waals surface area contributed by atoms with Crippen LogP contribution in [-0.2, 0) is 4.79 Å². The monoisotopic (exact) mass is 366 g/mol. The lowest BCUT2D eigenvalue weighted by Crippen LogP contribution is -2.24. The molecule has 1 amide bonds. The van der Waals surface area contributed by atoms with Crippen molar-refractivity contribution >= 4 is 44.6 Å². The number of thiazole rings is 1. The standard InChI is InChI=1S/C18H14N4OS2/c1-10-16-11(13-7-4-8-24-13)9-15(23)20-17(16)22(21-10)18-19-12-5-2-3-6-14(12)25-18/h2-8,11H,9H2,1H3,(H,20,23)/t11-/m0/s1. The molecule has 1 N–H and O–H groups in total. The summed E-state index contributed by atoms with van der Waals surface area (Å²) in [5.41, 5.74) is 2.98. The Morgan fingerprint density at radius 3 is 2.92 bits per heavy atom. The first-order valence-corrected chi connectivity index (χ1v) is 9.69. The topological polar surface area (TPSA) is 59.8 Å². The average Bonchev–Trinajstić information content (AvgIpc) is 3.32. The van der Waals surface area contributed by atoms with Crippen molar-refractivity contribution in [2.45, 2.75) is 19.3 Å². The third-order valence-electron chi connectivity index (χ3n) is 4.45. The molecule has 0 saturated heterocycles. The molecule has 124 valence electrons. The summed E-state index contributed by atoms with van der Waals surface area (Å²) < 4.78 is 2.89. The van der Waals surface area contributed by atoms with Gasteiger partial charge in [-0.3, -0.25) is 4.79 Å². The lowest BCUT2D eigenvalue weighted by molar-refractivity contribution is -0.116. The van der Waals surface area contributed by atoms with E-state index in [9.17, 15) is 4.79 Å². The van der Waals surface area contributed by atoms with Crippen molar-refractivity contribution in [2.24, 2.45) is 0 Å². The quantitative estimate of drug-likeness (QED) is 0.574. The first kappa shape index (κ1) is 14.8. The van der Waals surface area contributed by atoms with E-state index in [1.165, 1.54) is 4.88 Å². The minimum absolute atomic E-state index is 0.0214. The van der Waals surface area contributed by atoms with Crippen LogP contribution in [0.2, 0.25) is 0 Å². The van der Waals surface area contributed by atoms with Gasteiger partial charge in [0.05, 0.1) is 15.9 Å². The number of thiophene rings is 1. The van der Waals surface area contributed by atoms with Crippen molar-refractivity contribution in [3.8, 4) is 5.13 Å². The first-order valence-electron chi connectivity index (χ1n) is 7.99. The van der Waals surface area contributed by atoms with Crippen molar-refractivity contribution < 1.29 is 4.79 Å². The van der Waals surface area contributed by atoms with Gasteiger partial charge < -0.3 is 5.32 Å². The molecule has 25 heavy (non-hydrogen) atoms. The highest BCUT2D eigenvalue weighted by Gasteiger charge is 2.33. The number of fused-ring (bicyclic) bond motifs is 2. The summed E-state index contributed by atoms with van der Waals surface area (Å²) in [6.07, 6.45) is 0.458. The molecule has 5 rings (SSSR count). The molecule has 4 aromatic rings. The van der Waals surface area contributed by atoms with Crippen LogP contribution in [0.5, 0.6) is 0 Å². The number of carbonyl (C=O) groups excluding carboxylic acids is 1. The van der Waals surface area contributed by atoms with Crippen molar-refractivity contribution in [3.63, 3.8) is 0 Å². The minimum atomic E-state index is 0.0214. The van der Waals surface area contributed by atoms with Gasteiger partial charge in [0.2, 0.25) is 11.0 Å². The third-order valence-corrected chi connectivity index (χ3v) is 6.45. The number of aromatic nitrogens is 3. The Morgan fingerprint density at radius 1 is 1.24 bits per heavy atom. The van der Waals surface area contributed by atoms with Crippen LogP contribution in [0.15, 0.2) is 41.8 Å². The molecule has 7 heteroatoms. The molecule has 3 aromatic heterocycles. The predicted octanol–water partition coefficient (Wildman–Crippen LogP) is 4.33. The SMILES string of the molecule is Cc1nn(-c2nc3ccccc3s2)c2c1[C@H](c1cccs1)CC(=O)N2. The maximum Gasteiger partial charge on any atom is 0.226 e. The van der Waals surface area contributed by atoms with E-state index < -0.39 is 0 Å². The maximum absolute atomic E-state index is 12.3. The molecular formula is C18H14N4OS2. The van der Waals surface area contributed by atoms with Gasteiger partial charge in [0.1, 0.15) is 5.82 Å². The van der Waals surface area contributed by atoms with Crippen molar-refractivity contribution in [1.82, 2.24) is 14.8 Å². The smallest absolute Gasteiger partial charge is 0.226 e. The molecule has 1 aromatic carbocycles. The molecule has 0 aliphatic carbocycles. The summed E-state index contributed by atoms with van der Waals surface area (Å²) in [5, 5.41) is 10.5. The van der Waals surface area contributed by atoms with Gasteiger partial charge in [-0.1, -0.05) is 29.5 Å².